The van der Waals surface area contributed by atoms with Crippen LogP contribution in [0.25, 0.3) is 11.0 Å². The summed E-state index contributed by atoms with van der Waals surface area (Å²) in [6.07, 6.45) is 0.889. The highest BCUT2D eigenvalue weighted by molar-refractivity contribution is 5.92. The molecule has 0 saturated heterocycles. The van der Waals surface area contributed by atoms with Crippen LogP contribution in [-0.2, 0) is 22.5 Å². The molecular weight excluding hydrogens is 380 g/mol. The van der Waals surface area contributed by atoms with Crippen molar-refractivity contribution in [2.24, 2.45) is 0 Å². The Morgan fingerprint density at radius 1 is 1.17 bits per heavy atom. The summed E-state index contributed by atoms with van der Waals surface area (Å²) >= 11 is 0. The van der Waals surface area contributed by atoms with Crippen LogP contribution in [0, 0.1) is 0 Å². The van der Waals surface area contributed by atoms with Gasteiger partial charge in [-0.3, -0.25) is 10.1 Å². The van der Waals surface area contributed by atoms with Gasteiger partial charge in [0.1, 0.15) is 5.75 Å². The number of anilines is 1. The second-order valence-electron chi connectivity index (χ2n) is 6.37. The van der Waals surface area contributed by atoms with Crippen LogP contribution >= 0.6 is 0 Å². The molecule has 0 aliphatic carbocycles. The maximum absolute atomic E-state index is 12.5. The fourth-order valence-electron chi connectivity index (χ4n) is 3.01. The molecule has 1 heterocycles. The number of aromatic nitrogens is 2. The van der Waals surface area contributed by atoms with Gasteiger partial charge in [-0.1, -0.05) is 24.3 Å². The molecule has 0 aliphatic rings. The van der Waals surface area contributed by atoms with E-state index >= 15 is 0 Å². The van der Waals surface area contributed by atoms with Crippen LogP contribution in [0.1, 0.15) is 18.9 Å². The van der Waals surface area contributed by atoms with Gasteiger partial charge in [-0.2, -0.15) is 8.78 Å². The van der Waals surface area contributed by atoms with Crippen LogP contribution in [-0.4, -0.2) is 35.3 Å². The summed E-state index contributed by atoms with van der Waals surface area (Å²) in [5.41, 5.74) is 2.42. The maximum Gasteiger partial charge on any atom is 0.387 e. The van der Waals surface area contributed by atoms with Gasteiger partial charge in [0, 0.05) is 19.8 Å². The Bertz CT molecular complexity index is 942. The number of carbonyl (C=O) groups is 1. The number of imidazole rings is 1. The Labute approximate surface area is 167 Å². The fraction of sp³-hybridized carbons (Fsp3) is 0.333. The number of hydrogen-bond acceptors (Lipinski definition) is 4. The van der Waals surface area contributed by atoms with Crippen molar-refractivity contribution in [2.45, 2.75) is 32.9 Å². The summed E-state index contributed by atoms with van der Waals surface area (Å²) in [7, 11) is 0. The van der Waals surface area contributed by atoms with E-state index in [9.17, 15) is 13.6 Å². The minimum Gasteiger partial charge on any atom is -0.435 e. The van der Waals surface area contributed by atoms with E-state index in [2.05, 4.69) is 15.0 Å². The molecule has 0 atom stereocenters. The third-order valence-electron chi connectivity index (χ3n) is 4.29. The van der Waals surface area contributed by atoms with E-state index in [1.165, 1.54) is 12.1 Å². The molecule has 1 amide bonds. The third kappa shape index (κ3) is 5.74. The predicted molar refractivity (Wildman–Crippen MR) is 106 cm³/mol. The van der Waals surface area contributed by atoms with Gasteiger partial charge in [-0.25, -0.2) is 4.98 Å². The normalized spacial score (nSPS) is 11.2. The lowest BCUT2D eigenvalue weighted by Gasteiger charge is -2.10. The van der Waals surface area contributed by atoms with Gasteiger partial charge >= 0.3 is 6.61 Å². The Hall–Kier alpha value is -3.00. The molecule has 0 bridgehead atoms. The van der Waals surface area contributed by atoms with Gasteiger partial charge in [0.2, 0.25) is 11.9 Å². The first-order chi connectivity index (χ1) is 14.1. The molecule has 3 aromatic rings. The first-order valence-corrected chi connectivity index (χ1v) is 9.43. The lowest BCUT2D eigenvalue weighted by molar-refractivity contribution is -0.115. The van der Waals surface area contributed by atoms with E-state index in [1.54, 1.807) is 12.1 Å². The number of alkyl halides is 2. The van der Waals surface area contributed by atoms with Crippen LogP contribution < -0.4 is 10.1 Å². The van der Waals surface area contributed by atoms with Crippen molar-refractivity contribution < 1.29 is 23.0 Å². The molecule has 0 fully saturated rings. The Balaban J connectivity index is 1.69. The number of benzene rings is 2. The van der Waals surface area contributed by atoms with Crippen LogP contribution in [0.15, 0.2) is 48.5 Å². The molecule has 8 heteroatoms. The minimum atomic E-state index is -2.88. The lowest BCUT2D eigenvalue weighted by atomic mass is 10.1. The lowest BCUT2D eigenvalue weighted by Crippen LogP contribution is -2.18. The zero-order valence-corrected chi connectivity index (χ0v) is 16.1. The number of nitrogens with one attached hydrogen (secondary N) is 1. The molecule has 0 spiro atoms. The summed E-state index contributed by atoms with van der Waals surface area (Å²) in [5, 5.41) is 2.86. The summed E-state index contributed by atoms with van der Waals surface area (Å²) in [6, 6.07) is 13.7. The quantitative estimate of drug-likeness (QED) is 0.514. The van der Waals surface area contributed by atoms with Gasteiger partial charge in [-0.05, 0) is 43.2 Å². The number of ether oxygens (including phenoxy) is 2. The van der Waals surface area contributed by atoms with E-state index in [-0.39, 0.29) is 18.1 Å². The molecule has 3 rings (SSSR count). The first kappa shape index (κ1) is 20.7. The SMILES string of the molecule is CCOCCCn1c(NC(=O)Cc2ccc(OC(F)F)cc2)nc2ccccc21. The summed E-state index contributed by atoms with van der Waals surface area (Å²) in [6.45, 7) is 1.03. The summed E-state index contributed by atoms with van der Waals surface area (Å²) in [4.78, 5) is 17.0. The molecule has 0 saturated carbocycles. The van der Waals surface area contributed by atoms with Crippen LogP contribution in [0.3, 0.4) is 0 Å². The number of aryl methyl sites for hydroxylation is 1. The van der Waals surface area contributed by atoms with E-state index in [0.717, 1.165) is 17.5 Å². The second kappa shape index (κ2) is 9.97. The minimum absolute atomic E-state index is 0.0558. The molecule has 0 radical (unpaired) electrons. The van der Waals surface area contributed by atoms with Crippen molar-refractivity contribution in [3.8, 4) is 5.75 Å². The number of rotatable bonds is 10. The molecular formula is C21H23F2N3O3. The van der Waals surface area contributed by atoms with Crippen LogP contribution in [0.2, 0.25) is 0 Å². The molecule has 1 N–H and O–H groups in total. The number of para-hydroxylation sites is 2. The number of amides is 1. The molecule has 1 aromatic heterocycles. The van der Waals surface area contributed by atoms with E-state index in [0.29, 0.717) is 31.3 Å². The number of carbonyl (C=O) groups excluding carboxylic acids is 1. The maximum atomic E-state index is 12.5. The van der Waals surface area contributed by atoms with E-state index in [4.69, 9.17) is 4.74 Å². The number of halogens is 2. The summed E-state index contributed by atoms with van der Waals surface area (Å²) in [5.74, 6) is 0.291. The largest absolute Gasteiger partial charge is 0.435 e. The van der Waals surface area contributed by atoms with Gasteiger partial charge in [0.25, 0.3) is 0 Å². The smallest absolute Gasteiger partial charge is 0.387 e. The highest BCUT2D eigenvalue weighted by Crippen LogP contribution is 2.21. The molecule has 0 unspecified atom stereocenters. The molecule has 2 aromatic carbocycles. The Kier molecular flexibility index (Phi) is 7.13. The number of hydrogen-bond donors (Lipinski definition) is 1. The fourth-order valence-corrected chi connectivity index (χ4v) is 3.01. The van der Waals surface area contributed by atoms with E-state index in [1.807, 2.05) is 35.8 Å². The monoisotopic (exact) mass is 403 g/mol. The zero-order chi connectivity index (χ0) is 20.6. The van der Waals surface area contributed by atoms with Crippen molar-refractivity contribution in [1.29, 1.82) is 0 Å². The number of nitrogens with zero attached hydrogens (tertiary/aromatic N) is 2. The third-order valence-corrected chi connectivity index (χ3v) is 4.29. The average Bonchev–Trinajstić information content (AvgIpc) is 3.03. The highest BCUT2D eigenvalue weighted by Gasteiger charge is 2.14. The second-order valence-corrected chi connectivity index (χ2v) is 6.37. The van der Waals surface area contributed by atoms with Crippen molar-refractivity contribution in [3.63, 3.8) is 0 Å². The predicted octanol–water partition coefficient (Wildman–Crippen LogP) is 4.25. The Morgan fingerprint density at radius 3 is 2.66 bits per heavy atom. The van der Waals surface area contributed by atoms with Gasteiger partial charge in [0.15, 0.2) is 0 Å². The number of fused-ring (bicyclic) bond motifs is 1. The van der Waals surface area contributed by atoms with E-state index < -0.39 is 6.61 Å². The van der Waals surface area contributed by atoms with Gasteiger partial charge in [0.05, 0.1) is 17.5 Å². The zero-order valence-electron chi connectivity index (χ0n) is 16.1. The standard InChI is InChI=1S/C21H23F2N3O3/c1-2-28-13-5-12-26-18-7-4-3-6-17(18)24-21(26)25-19(27)14-15-8-10-16(11-9-15)29-20(22)23/h3-4,6-11,20H,2,5,12-14H2,1H3,(H,24,25,27). The molecule has 154 valence electrons. The topological polar surface area (TPSA) is 65.4 Å². The van der Waals surface area contributed by atoms with Crippen molar-refractivity contribution in [2.75, 3.05) is 18.5 Å². The highest BCUT2D eigenvalue weighted by atomic mass is 19.3. The summed E-state index contributed by atoms with van der Waals surface area (Å²) < 4.78 is 36.1. The van der Waals surface area contributed by atoms with Crippen LogP contribution in [0.5, 0.6) is 5.75 Å². The molecule has 29 heavy (non-hydrogen) atoms. The van der Waals surface area contributed by atoms with Gasteiger partial charge < -0.3 is 14.0 Å². The van der Waals surface area contributed by atoms with Crippen LogP contribution in [0.4, 0.5) is 14.7 Å². The van der Waals surface area contributed by atoms with Crippen molar-refractivity contribution in [1.82, 2.24) is 9.55 Å². The first-order valence-electron chi connectivity index (χ1n) is 9.43. The Morgan fingerprint density at radius 2 is 1.93 bits per heavy atom. The molecule has 6 nitrogen and oxygen atoms in total. The van der Waals surface area contributed by atoms with Crippen molar-refractivity contribution >= 4 is 22.9 Å². The van der Waals surface area contributed by atoms with Crippen molar-refractivity contribution in [3.05, 3.63) is 54.1 Å². The average molecular weight is 403 g/mol. The molecule has 0 aliphatic heterocycles. The van der Waals surface area contributed by atoms with Gasteiger partial charge in [-0.15, -0.1) is 0 Å².